The van der Waals surface area contributed by atoms with Crippen LogP contribution in [0, 0.1) is 5.92 Å². The van der Waals surface area contributed by atoms with Crippen LogP contribution in [0.2, 0.25) is 0 Å². The first-order valence-corrected chi connectivity index (χ1v) is 8.51. The van der Waals surface area contributed by atoms with Crippen molar-refractivity contribution in [2.24, 2.45) is 5.92 Å². The van der Waals surface area contributed by atoms with Gasteiger partial charge >= 0.3 is 6.18 Å². The number of halogens is 3. The highest BCUT2D eigenvalue weighted by molar-refractivity contribution is 7.11. The molecule has 1 saturated carbocycles. The van der Waals surface area contributed by atoms with Crippen molar-refractivity contribution >= 4 is 11.3 Å². The largest absolute Gasteiger partial charge is 0.434 e. The predicted molar refractivity (Wildman–Crippen MR) is 79.5 cm³/mol. The molecule has 1 aromatic rings. The smallest absolute Gasteiger partial charge is 0.312 e. The van der Waals surface area contributed by atoms with E-state index in [1.54, 1.807) is 0 Å². The topological polar surface area (TPSA) is 24.9 Å². The van der Waals surface area contributed by atoms with Gasteiger partial charge in [-0.15, -0.1) is 11.3 Å². The van der Waals surface area contributed by atoms with Gasteiger partial charge in [-0.05, 0) is 31.7 Å². The standard InChI is InChI=1S/C15H23F3N2S/c1-3-8-19-9-12-13(15(16,17)18)20-14(21-12)11-6-4-10(2)5-7-11/h10-11,19H,3-9H2,1-2H3. The fourth-order valence-electron chi connectivity index (χ4n) is 2.77. The van der Waals surface area contributed by atoms with Crippen LogP contribution >= 0.6 is 11.3 Å². The molecular formula is C15H23F3N2S. The molecule has 0 aromatic carbocycles. The number of alkyl halides is 3. The van der Waals surface area contributed by atoms with Crippen molar-refractivity contribution in [1.82, 2.24) is 10.3 Å². The minimum absolute atomic E-state index is 0.215. The molecule has 1 fully saturated rings. The molecule has 0 atom stereocenters. The van der Waals surface area contributed by atoms with Gasteiger partial charge in [-0.1, -0.05) is 26.7 Å². The van der Waals surface area contributed by atoms with Crippen LogP contribution in [-0.4, -0.2) is 11.5 Å². The summed E-state index contributed by atoms with van der Waals surface area (Å²) in [5.41, 5.74) is -0.676. The van der Waals surface area contributed by atoms with Crippen LogP contribution < -0.4 is 5.32 Å². The Bertz CT molecular complexity index is 448. The zero-order chi connectivity index (χ0) is 15.5. The molecule has 1 aliphatic carbocycles. The van der Waals surface area contributed by atoms with Crippen molar-refractivity contribution in [1.29, 1.82) is 0 Å². The molecule has 6 heteroatoms. The summed E-state index contributed by atoms with van der Waals surface area (Å²) >= 11 is 1.25. The van der Waals surface area contributed by atoms with Gasteiger partial charge in [-0.25, -0.2) is 4.98 Å². The lowest BCUT2D eigenvalue weighted by Crippen LogP contribution is -2.17. The van der Waals surface area contributed by atoms with Gasteiger partial charge < -0.3 is 5.32 Å². The summed E-state index contributed by atoms with van der Waals surface area (Å²) in [6, 6.07) is 0. The maximum atomic E-state index is 13.1. The van der Waals surface area contributed by atoms with Crippen molar-refractivity contribution in [3.8, 4) is 0 Å². The number of hydrogen-bond donors (Lipinski definition) is 1. The highest BCUT2D eigenvalue weighted by Crippen LogP contribution is 2.41. The average Bonchev–Trinajstić information content (AvgIpc) is 2.84. The number of rotatable bonds is 5. The van der Waals surface area contributed by atoms with E-state index < -0.39 is 11.9 Å². The van der Waals surface area contributed by atoms with Crippen LogP contribution in [0.25, 0.3) is 0 Å². The van der Waals surface area contributed by atoms with Gasteiger partial charge in [-0.2, -0.15) is 13.2 Å². The lowest BCUT2D eigenvalue weighted by atomic mass is 9.83. The lowest BCUT2D eigenvalue weighted by Gasteiger charge is -2.24. The van der Waals surface area contributed by atoms with Gasteiger partial charge in [0.15, 0.2) is 5.69 Å². The predicted octanol–water partition coefficient (Wildman–Crippen LogP) is 4.96. The third-order valence-electron chi connectivity index (χ3n) is 4.06. The van der Waals surface area contributed by atoms with Crippen LogP contribution in [0.4, 0.5) is 13.2 Å². The minimum atomic E-state index is -4.35. The zero-order valence-electron chi connectivity index (χ0n) is 12.6. The molecule has 1 aliphatic rings. The van der Waals surface area contributed by atoms with Crippen molar-refractivity contribution < 1.29 is 13.2 Å². The molecule has 2 nitrogen and oxygen atoms in total. The summed E-state index contributed by atoms with van der Waals surface area (Å²) in [6.45, 7) is 5.20. The van der Waals surface area contributed by atoms with E-state index in [-0.39, 0.29) is 12.5 Å². The fraction of sp³-hybridized carbons (Fsp3) is 0.800. The van der Waals surface area contributed by atoms with Gasteiger partial charge in [0.05, 0.1) is 9.88 Å². The monoisotopic (exact) mass is 320 g/mol. The number of hydrogen-bond acceptors (Lipinski definition) is 3. The Morgan fingerprint density at radius 3 is 2.48 bits per heavy atom. The maximum absolute atomic E-state index is 13.1. The molecule has 0 unspecified atom stereocenters. The first-order chi connectivity index (χ1) is 9.91. The summed E-state index contributed by atoms with van der Waals surface area (Å²) in [5, 5.41) is 3.74. The molecule has 0 saturated heterocycles. The summed E-state index contributed by atoms with van der Waals surface area (Å²) < 4.78 is 39.3. The van der Waals surface area contributed by atoms with E-state index in [9.17, 15) is 13.2 Å². The quantitative estimate of drug-likeness (QED) is 0.776. The highest BCUT2D eigenvalue weighted by atomic mass is 32.1. The van der Waals surface area contributed by atoms with Gasteiger partial charge in [0.1, 0.15) is 0 Å². The number of thiazole rings is 1. The summed E-state index contributed by atoms with van der Waals surface area (Å²) in [5.74, 6) is 0.904. The first-order valence-electron chi connectivity index (χ1n) is 7.69. The Morgan fingerprint density at radius 2 is 1.90 bits per heavy atom. The normalized spacial score (nSPS) is 23.5. The van der Waals surface area contributed by atoms with E-state index >= 15 is 0 Å². The SMILES string of the molecule is CCCNCc1sc(C2CCC(C)CC2)nc1C(F)(F)F. The second kappa shape index (κ2) is 7.09. The van der Waals surface area contributed by atoms with E-state index in [4.69, 9.17) is 0 Å². The Labute approximate surface area is 128 Å². The second-order valence-electron chi connectivity index (χ2n) is 5.96. The second-order valence-corrected chi connectivity index (χ2v) is 7.07. The highest BCUT2D eigenvalue weighted by Gasteiger charge is 2.38. The van der Waals surface area contributed by atoms with Gasteiger partial charge in [0.2, 0.25) is 0 Å². The molecule has 0 spiro atoms. The van der Waals surface area contributed by atoms with E-state index in [2.05, 4.69) is 17.2 Å². The van der Waals surface area contributed by atoms with Crippen molar-refractivity contribution in [2.45, 2.75) is 64.6 Å². The number of nitrogens with one attached hydrogen (secondary N) is 1. The van der Waals surface area contributed by atoms with Gasteiger partial charge in [0.25, 0.3) is 0 Å². The van der Waals surface area contributed by atoms with Crippen molar-refractivity contribution in [2.75, 3.05) is 6.54 Å². The Hall–Kier alpha value is -0.620. The molecule has 2 rings (SSSR count). The lowest BCUT2D eigenvalue weighted by molar-refractivity contribution is -0.141. The molecular weight excluding hydrogens is 297 g/mol. The number of nitrogens with zero attached hydrogens (tertiary/aromatic N) is 1. The van der Waals surface area contributed by atoms with Crippen LogP contribution in [0.5, 0.6) is 0 Å². The molecule has 0 aliphatic heterocycles. The third kappa shape index (κ3) is 4.42. The van der Waals surface area contributed by atoms with E-state index in [1.165, 1.54) is 11.3 Å². The Balaban J connectivity index is 2.15. The van der Waals surface area contributed by atoms with Crippen molar-refractivity contribution in [3.05, 3.63) is 15.6 Å². The molecule has 1 heterocycles. The minimum Gasteiger partial charge on any atom is -0.312 e. The summed E-state index contributed by atoms with van der Waals surface area (Å²) in [6.07, 6.45) is 0.680. The number of aromatic nitrogens is 1. The van der Waals surface area contributed by atoms with E-state index in [0.29, 0.717) is 15.8 Å². The summed E-state index contributed by atoms with van der Waals surface area (Å²) in [4.78, 5) is 4.30. The molecule has 0 radical (unpaired) electrons. The fourth-order valence-corrected chi connectivity index (χ4v) is 4.00. The van der Waals surface area contributed by atoms with Crippen LogP contribution in [0.3, 0.4) is 0 Å². The molecule has 1 aromatic heterocycles. The molecule has 0 amide bonds. The molecule has 0 bridgehead atoms. The van der Waals surface area contributed by atoms with Gasteiger partial charge in [-0.3, -0.25) is 0 Å². The Kier molecular flexibility index (Phi) is 5.66. The maximum Gasteiger partial charge on any atom is 0.434 e. The van der Waals surface area contributed by atoms with Gasteiger partial charge in [0, 0.05) is 12.5 Å². The van der Waals surface area contributed by atoms with E-state index in [1.807, 2.05) is 6.92 Å². The molecule has 120 valence electrons. The molecule has 21 heavy (non-hydrogen) atoms. The summed E-state index contributed by atoms with van der Waals surface area (Å²) in [7, 11) is 0. The van der Waals surface area contributed by atoms with Crippen LogP contribution in [-0.2, 0) is 12.7 Å². The zero-order valence-corrected chi connectivity index (χ0v) is 13.4. The average molecular weight is 320 g/mol. The van der Waals surface area contributed by atoms with Crippen molar-refractivity contribution in [3.63, 3.8) is 0 Å². The third-order valence-corrected chi connectivity index (χ3v) is 5.28. The van der Waals surface area contributed by atoms with E-state index in [0.717, 1.165) is 38.6 Å². The van der Waals surface area contributed by atoms with Crippen LogP contribution in [0.1, 0.15) is 67.4 Å². The Morgan fingerprint density at radius 1 is 1.24 bits per heavy atom. The molecule has 1 N–H and O–H groups in total. The first kappa shape index (κ1) is 16.7. The van der Waals surface area contributed by atoms with Crippen LogP contribution in [0.15, 0.2) is 0 Å².